The molecule has 6 aromatic carbocycles. The number of rotatable bonds is 36. The van der Waals surface area contributed by atoms with Gasteiger partial charge in [-0.15, -0.1) is 0 Å². The number of carbonyl (C=O) groups is 5. The Kier molecular flexibility index (Phi) is 34.3. The predicted molar refractivity (Wildman–Crippen MR) is 464 cm³/mol. The standard InChI is InChI=1S/C95H115Cl3N4O27/c1-10-52(4)69-78(80(118-84(106)60-38-24-15-25-39-60)93(121-69)124-73-57(9)86(109-47-33-19-32-46-100-102-99)115-66-49-111-88(125-75(66)73)62-42-28-17-29-43-62)128-87-56(8)71(54(6)65(114-87)48-110-82(104)58-34-20-13-21-35-58)122-92-81(119-85(107)61-40-26-16-27-41-61)79(70(120-92)53(5)11-2)129-90-68(101-94(108)113-51-95(96,97)98)77(76-67(116-90)50-112-89(126-76)63-44-30-18-31-45-63)127-91-74(55(7)72(123-91)64(103)12-3)117-83(105)59-36-22-14-23-37-59/h13-18,20-31,34-45,52-57,64-81,86-93,103H,10-12,19,32-33,46-51H2,1-9H3,(H,101,108)/t52-,53-,54?,55-,56?,57?,64-,65?,66?,67?,68?,69?,70?,71?,72-,73?,74?,75?,76?,77?,78?,79?,80?,81?,86?,87?,88?,89?,90?,91+,92?,93?/m1/s1. The number of alkyl carbamates (subject to hydrolysis) is 1. The molecule has 6 aromatic rings. The number of ether oxygens (including phenoxy) is 21. The molecule has 698 valence electrons. The van der Waals surface area contributed by atoms with Gasteiger partial charge in [-0.2, -0.15) is 0 Å². The van der Waals surface area contributed by atoms with E-state index in [2.05, 4.69) is 15.3 Å². The molecule has 8 heterocycles. The Morgan fingerprint density at radius 1 is 0.457 bits per heavy atom. The van der Waals surface area contributed by atoms with E-state index in [-0.39, 0.29) is 54.4 Å². The number of aliphatic hydroxyl groups is 1. The predicted octanol–water partition coefficient (Wildman–Crippen LogP) is 15.4. The number of alkyl halides is 3. The maximum atomic E-state index is 15.3. The molecule has 2 N–H and O–H groups in total. The van der Waals surface area contributed by atoms with Gasteiger partial charge in [-0.3, -0.25) is 0 Å². The monoisotopic (exact) mass is 1850 g/mol. The van der Waals surface area contributed by atoms with Crippen LogP contribution >= 0.6 is 34.8 Å². The first-order valence-electron chi connectivity index (χ1n) is 44.5. The number of hydrogen-bond acceptors (Lipinski definition) is 28. The number of halogens is 3. The number of carbonyl (C=O) groups excluding carboxylic acids is 5. The summed E-state index contributed by atoms with van der Waals surface area (Å²) in [5, 5.41) is 18.2. The first kappa shape index (κ1) is 97.0. The average molecular weight is 1850 g/mol. The van der Waals surface area contributed by atoms with Gasteiger partial charge < -0.3 is 110 Å². The Hall–Kier alpha value is -8.03. The summed E-state index contributed by atoms with van der Waals surface area (Å²) in [6.07, 6.45) is -27.6. The first-order valence-corrected chi connectivity index (χ1v) is 45.7. The topological polar surface area (TPSA) is 360 Å². The quantitative estimate of drug-likeness (QED) is 0.00701. The number of unbranched alkanes of at least 4 members (excludes halogenated alkanes) is 2. The van der Waals surface area contributed by atoms with Crippen LogP contribution in [0.15, 0.2) is 187 Å². The van der Waals surface area contributed by atoms with Crippen LogP contribution in [-0.2, 0) is 99.5 Å². The molecule has 0 spiro atoms. The van der Waals surface area contributed by atoms with Crippen LogP contribution in [0.25, 0.3) is 10.4 Å². The molecule has 8 aliphatic rings. The van der Waals surface area contributed by atoms with Gasteiger partial charge >= 0.3 is 30.0 Å². The summed E-state index contributed by atoms with van der Waals surface area (Å²) in [5.41, 5.74) is 11.1. The molecule has 0 radical (unpaired) electrons. The molecule has 0 saturated carbocycles. The van der Waals surface area contributed by atoms with E-state index >= 15 is 9.59 Å². The van der Waals surface area contributed by atoms with Gasteiger partial charge in [0.2, 0.25) is 3.79 Å². The average Bonchev–Trinajstić information content (AvgIpc) is 1.73. The van der Waals surface area contributed by atoms with E-state index in [9.17, 15) is 19.5 Å². The number of aliphatic hydroxyl groups excluding tert-OH is 1. The molecule has 1 amide bonds. The molecule has 32 atom stereocenters. The number of amides is 1. The lowest BCUT2D eigenvalue weighted by Crippen LogP contribution is -2.69. The Labute approximate surface area is 765 Å². The van der Waals surface area contributed by atoms with Crippen LogP contribution in [-0.4, -0.2) is 226 Å². The summed E-state index contributed by atoms with van der Waals surface area (Å²) in [7, 11) is 0. The van der Waals surface area contributed by atoms with Gasteiger partial charge in [0.05, 0.1) is 78.2 Å². The van der Waals surface area contributed by atoms with E-state index in [1.165, 1.54) is 0 Å². The Bertz CT molecular complexity index is 4610. The van der Waals surface area contributed by atoms with E-state index in [0.29, 0.717) is 44.4 Å². The summed E-state index contributed by atoms with van der Waals surface area (Å²) >= 11 is 18.8. The van der Waals surface area contributed by atoms with E-state index < -0.39 is 230 Å². The zero-order chi connectivity index (χ0) is 91.0. The maximum absolute atomic E-state index is 15.3. The number of fused-ring (bicyclic) bond motifs is 2. The number of hydrogen-bond donors (Lipinski definition) is 2. The lowest BCUT2D eigenvalue weighted by atomic mass is 9.85. The number of esters is 4. The fourth-order valence-electron chi connectivity index (χ4n) is 17.6. The minimum Gasteiger partial charge on any atom is -0.459 e. The van der Waals surface area contributed by atoms with Crippen molar-refractivity contribution in [3.05, 3.63) is 226 Å². The van der Waals surface area contributed by atoms with Crippen molar-refractivity contribution in [1.82, 2.24) is 5.32 Å². The highest BCUT2D eigenvalue weighted by molar-refractivity contribution is 6.67. The second-order valence-electron chi connectivity index (χ2n) is 34.0. The van der Waals surface area contributed by atoms with E-state index in [1.807, 2.05) is 97.0 Å². The molecule has 14 rings (SSSR count). The second kappa shape index (κ2) is 45.6. The molecule has 8 fully saturated rings. The lowest BCUT2D eigenvalue weighted by molar-refractivity contribution is -0.370. The third-order valence-corrected chi connectivity index (χ3v) is 25.5. The first-order chi connectivity index (χ1) is 62.4. The van der Waals surface area contributed by atoms with Crippen molar-refractivity contribution in [1.29, 1.82) is 0 Å². The summed E-state index contributed by atoms with van der Waals surface area (Å²) in [5.74, 6) is -6.68. The molecular weight excluding hydrogens is 1740 g/mol. The normalized spacial score (nSPS) is 33.9. The summed E-state index contributed by atoms with van der Waals surface area (Å²) in [4.78, 5) is 76.5. The van der Waals surface area contributed by atoms with Crippen molar-refractivity contribution in [2.75, 3.05) is 39.6 Å². The summed E-state index contributed by atoms with van der Waals surface area (Å²) < 4.78 is 142. The molecular formula is C95H115Cl3N4O27. The fraction of sp³-hybridized carbons (Fsp3) is 0.568. The lowest BCUT2D eigenvalue weighted by Gasteiger charge is -2.50. The Morgan fingerprint density at radius 2 is 0.884 bits per heavy atom. The molecule has 8 saturated heterocycles. The van der Waals surface area contributed by atoms with Gasteiger partial charge in [0, 0.05) is 52.9 Å². The Balaban J connectivity index is 0.832. The van der Waals surface area contributed by atoms with Crippen LogP contribution in [0.3, 0.4) is 0 Å². The summed E-state index contributed by atoms with van der Waals surface area (Å²) in [6, 6.07) is 50.5. The van der Waals surface area contributed by atoms with E-state index in [1.54, 1.807) is 147 Å². The van der Waals surface area contributed by atoms with Gasteiger partial charge in [0.1, 0.15) is 62.0 Å². The van der Waals surface area contributed by atoms with E-state index in [4.69, 9.17) is 140 Å². The van der Waals surface area contributed by atoms with Crippen molar-refractivity contribution in [2.45, 2.75) is 265 Å². The highest BCUT2D eigenvalue weighted by Gasteiger charge is 2.63. The van der Waals surface area contributed by atoms with Crippen molar-refractivity contribution >= 4 is 64.8 Å². The second-order valence-corrected chi connectivity index (χ2v) is 36.5. The third kappa shape index (κ3) is 24.0. The van der Waals surface area contributed by atoms with Gasteiger partial charge in [-0.1, -0.05) is 255 Å². The highest BCUT2D eigenvalue weighted by Crippen LogP contribution is 2.48. The highest BCUT2D eigenvalue weighted by atomic mass is 35.6. The van der Waals surface area contributed by atoms with Gasteiger partial charge in [-0.25, -0.2) is 24.0 Å². The number of azide groups is 1. The van der Waals surface area contributed by atoms with Crippen LogP contribution in [0.4, 0.5) is 4.79 Å². The smallest absolute Gasteiger partial charge is 0.407 e. The van der Waals surface area contributed by atoms with Crippen molar-refractivity contribution in [3.8, 4) is 0 Å². The molecule has 31 nitrogen and oxygen atoms in total. The molecule has 8 aliphatic heterocycles. The molecule has 0 bridgehead atoms. The molecule has 0 aromatic heterocycles. The third-order valence-electron chi connectivity index (χ3n) is 25.2. The summed E-state index contributed by atoms with van der Waals surface area (Å²) in [6.45, 7) is 16.4. The number of nitrogens with one attached hydrogen (secondary N) is 1. The van der Waals surface area contributed by atoms with Crippen LogP contribution in [0.5, 0.6) is 0 Å². The van der Waals surface area contributed by atoms with Crippen LogP contribution < -0.4 is 5.32 Å². The molecule has 129 heavy (non-hydrogen) atoms. The molecule has 0 aliphatic carbocycles. The van der Waals surface area contributed by atoms with Crippen LogP contribution in [0.2, 0.25) is 0 Å². The van der Waals surface area contributed by atoms with Crippen molar-refractivity contribution in [2.24, 2.45) is 40.6 Å². The van der Waals surface area contributed by atoms with E-state index in [0.717, 1.165) is 12.0 Å². The molecule has 26 unspecified atom stereocenters. The SMILES string of the molecule is CC[C@@H](C)C1OC(OC2C(C)C(OCCCCCN=[N+]=[N-])OC3COC(c4ccccc4)OC32)C(OC(=O)c2ccccc2)C1OC1OC(COC(=O)c2ccccc2)C(C)C(OC2OC([C@H](C)CC)C(OC3OC4COC(c5ccccc5)OC4C(O[C@@H]4O[C@@H]([C@H](O)CC)[C@@H](C)C4OC(=O)c4ccccc4)C3NC(=O)OCC(Cl)(Cl)Cl)C2OC(=O)c2ccccc2)C1C. The van der Waals surface area contributed by atoms with Gasteiger partial charge in [-0.05, 0) is 85.2 Å². The van der Waals surface area contributed by atoms with Crippen molar-refractivity contribution in [3.63, 3.8) is 0 Å². The van der Waals surface area contributed by atoms with Gasteiger partial charge in [0.25, 0.3) is 0 Å². The molecule has 34 heteroatoms. The zero-order valence-corrected chi connectivity index (χ0v) is 75.6. The minimum atomic E-state index is -2.11. The Morgan fingerprint density at radius 3 is 1.37 bits per heavy atom. The minimum absolute atomic E-state index is 0.0870. The fourth-order valence-corrected chi connectivity index (χ4v) is 17.8. The maximum Gasteiger partial charge on any atom is 0.407 e. The van der Waals surface area contributed by atoms with Crippen molar-refractivity contribution < 1.29 is 129 Å². The number of nitrogens with zero attached hydrogens (tertiary/aromatic N) is 3. The largest absolute Gasteiger partial charge is 0.459 e. The van der Waals surface area contributed by atoms with Crippen LogP contribution in [0, 0.1) is 35.5 Å². The zero-order valence-electron chi connectivity index (χ0n) is 73.3. The van der Waals surface area contributed by atoms with Crippen LogP contribution in [0.1, 0.15) is 166 Å². The number of benzene rings is 6. The van der Waals surface area contributed by atoms with Gasteiger partial charge in [0.15, 0.2) is 68.6 Å².